The zero-order valence-electron chi connectivity index (χ0n) is 13.8. The number of benzene rings is 2. The first kappa shape index (κ1) is 17.1. The number of rotatable bonds is 5. The average Bonchev–Trinajstić information content (AvgIpc) is 2.65. The standard InChI is InChI=1S/C20H17ClN2O2/c1-2-25-17(24)13-16-20(21)23-19(15-11-7-4-8-12-15)18(22-16)14-9-5-3-6-10-14/h3-12H,2,13H2,1H3. The predicted molar refractivity (Wildman–Crippen MR) is 98.3 cm³/mol. The van der Waals surface area contributed by atoms with Crippen LogP contribution in [0.2, 0.25) is 5.15 Å². The Morgan fingerprint density at radius 1 is 0.920 bits per heavy atom. The van der Waals surface area contributed by atoms with Gasteiger partial charge in [0.25, 0.3) is 0 Å². The largest absolute Gasteiger partial charge is 0.466 e. The van der Waals surface area contributed by atoms with Crippen LogP contribution in [0, 0.1) is 0 Å². The van der Waals surface area contributed by atoms with Gasteiger partial charge in [0.05, 0.1) is 30.1 Å². The molecule has 0 aliphatic rings. The van der Waals surface area contributed by atoms with Crippen molar-refractivity contribution >= 4 is 17.6 Å². The fourth-order valence-electron chi connectivity index (χ4n) is 2.51. The van der Waals surface area contributed by atoms with Gasteiger partial charge in [-0.1, -0.05) is 72.3 Å². The molecule has 0 atom stereocenters. The molecule has 0 aliphatic carbocycles. The molecule has 0 spiro atoms. The van der Waals surface area contributed by atoms with Crippen LogP contribution in [0.3, 0.4) is 0 Å². The number of carbonyl (C=O) groups excluding carboxylic acids is 1. The Morgan fingerprint density at radius 2 is 1.44 bits per heavy atom. The van der Waals surface area contributed by atoms with Crippen molar-refractivity contribution in [3.05, 3.63) is 71.5 Å². The van der Waals surface area contributed by atoms with Gasteiger partial charge in [0.1, 0.15) is 0 Å². The van der Waals surface area contributed by atoms with Crippen molar-refractivity contribution in [2.75, 3.05) is 6.61 Å². The quantitative estimate of drug-likeness (QED) is 0.631. The molecule has 4 nitrogen and oxygen atoms in total. The van der Waals surface area contributed by atoms with Gasteiger partial charge >= 0.3 is 5.97 Å². The van der Waals surface area contributed by atoms with Gasteiger partial charge in [-0.15, -0.1) is 0 Å². The molecule has 0 saturated carbocycles. The van der Waals surface area contributed by atoms with Crippen LogP contribution >= 0.6 is 11.6 Å². The first-order valence-electron chi connectivity index (χ1n) is 8.02. The third-order valence-electron chi connectivity index (χ3n) is 3.63. The van der Waals surface area contributed by atoms with E-state index in [1.807, 2.05) is 60.7 Å². The van der Waals surface area contributed by atoms with Gasteiger partial charge in [-0.2, -0.15) is 0 Å². The summed E-state index contributed by atoms with van der Waals surface area (Å²) in [5, 5.41) is 0.214. The molecule has 3 rings (SSSR count). The van der Waals surface area contributed by atoms with Crippen LogP contribution < -0.4 is 0 Å². The molecule has 1 heterocycles. The molecule has 126 valence electrons. The number of nitrogens with zero attached hydrogens (tertiary/aromatic N) is 2. The summed E-state index contributed by atoms with van der Waals surface area (Å²) in [6.07, 6.45) is -0.00538. The molecule has 0 aliphatic heterocycles. The Morgan fingerprint density at radius 3 is 1.96 bits per heavy atom. The van der Waals surface area contributed by atoms with Crippen LogP contribution in [0.4, 0.5) is 0 Å². The van der Waals surface area contributed by atoms with Crippen molar-refractivity contribution in [2.24, 2.45) is 0 Å². The minimum atomic E-state index is -0.370. The van der Waals surface area contributed by atoms with E-state index in [0.717, 1.165) is 11.1 Å². The fourth-order valence-corrected chi connectivity index (χ4v) is 2.70. The van der Waals surface area contributed by atoms with E-state index in [9.17, 15) is 4.79 Å². The number of esters is 1. The smallest absolute Gasteiger partial charge is 0.311 e. The molecule has 0 unspecified atom stereocenters. The summed E-state index contributed by atoms with van der Waals surface area (Å²) in [7, 11) is 0. The second kappa shape index (κ2) is 7.90. The lowest BCUT2D eigenvalue weighted by atomic mass is 10.0. The summed E-state index contributed by atoms with van der Waals surface area (Å²) >= 11 is 6.30. The van der Waals surface area contributed by atoms with Crippen molar-refractivity contribution in [2.45, 2.75) is 13.3 Å². The SMILES string of the molecule is CCOC(=O)Cc1nc(-c2ccccc2)c(-c2ccccc2)nc1Cl. The lowest BCUT2D eigenvalue weighted by molar-refractivity contribution is -0.142. The zero-order valence-corrected chi connectivity index (χ0v) is 14.5. The van der Waals surface area contributed by atoms with E-state index in [-0.39, 0.29) is 17.5 Å². The average molecular weight is 353 g/mol. The van der Waals surface area contributed by atoms with E-state index < -0.39 is 0 Å². The van der Waals surface area contributed by atoms with Crippen molar-refractivity contribution in [1.82, 2.24) is 9.97 Å². The molecule has 0 fully saturated rings. The Balaban J connectivity index is 2.12. The van der Waals surface area contributed by atoms with E-state index in [4.69, 9.17) is 16.3 Å². The molecular weight excluding hydrogens is 336 g/mol. The topological polar surface area (TPSA) is 52.1 Å². The van der Waals surface area contributed by atoms with E-state index in [2.05, 4.69) is 9.97 Å². The lowest BCUT2D eigenvalue weighted by Gasteiger charge is -2.12. The van der Waals surface area contributed by atoms with Gasteiger partial charge in [0.2, 0.25) is 0 Å². The maximum absolute atomic E-state index is 11.8. The summed E-state index contributed by atoms with van der Waals surface area (Å²) in [5.41, 5.74) is 3.62. The number of hydrogen-bond acceptors (Lipinski definition) is 4. The Hall–Kier alpha value is -2.72. The van der Waals surface area contributed by atoms with Gasteiger partial charge in [-0.05, 0) is 6.92 Å². The van der Waals surface area contributed by atoms with E-state index in [1.165, 1.54) is 0 Å². The second-order valence-electron chi connectivity index (χ2n) is 5.37. The van der Waals surface area contributed by atoms with Crippen LogP contribution in [0.25, 0.3) is 22.5 Å². The molecule has 2 aromatic carbocycles. The summed E-state index contributed by atoms with van der Waals surface area (Å²) in [5.74, 6) is -0.370. The van der Waals surface area contributed by atoms with Crippen LogP contribution in [0.1, 0.15) is 12.6 Å². The number of ether oxygens (including phenoxy) is 1. The van der Waals surface area contributed by atoms with E-state index in [1.54, 1.807) is 6.92 Å². The molecule has 0 radical (unpaired) electrons. The predicted octanol–water partition coefficient (Wildman–Crippen LogP) is 4.57. The van der Waals surface area contributed by atoms with Gasteiger partial charge in [0.15, 0.2) is 5.15 Å². The molecule has 25 heavy (non-hydrogen) atoms. The highest BCUT2D eigenvalue weighted by molar-refractivity contribution is 6.30. The van der Waals surface area contributed by atoms with Crippen LogP contribution in [0.5, 0.6) is 0 Å². The monoisotopic (exact) mass is 352 g/mol. The maximum Gasteiger partial charge on any atom is 0.311 e. The fraction of sp³-hybridized carbons (Fsp3) is 0.150. The third kappa shape index (κ3) is 4.03. The number of aromatic nitrogens is 2. The van der Waals surface area contributed by atoms with E-state index >= 15 is 0 Å². The molecular formula is C20H17ClN2O2. The first-order valence-corrected chi connectivity index (χ1v) is 8.39. The summed E-state index contributed by atoms with van der Waals surface area (Å²) < 4.78 is 5.00. The highest BCUT2D eigenvalue weighted by Crippen LogP contribution is 2.31. The van der Waals surface area contributed by atoms with Crippen molar-refractivity contribution in [3.63, 3.8) is 0 Å². The lowest BCUT2D eigenvalue weighted by Crippen LogP contribution is -2.11. The number of hydrogen-bond donors (Lipinski definition) is 0. The normalized spacial score (nSPS) is 10.5. The number of halogens is 1. The molecule has 1 aromatic heterocycles. The highest BCUT2D eigenvalue weighted by atomic mass is 35.5. The maximum atomic E-state index is 11.8. The minimum Gasteiger partial charge on any atom is -0.466 e. The van der Waals surface area contributed by atoms with Gasteiger partial charge in [-0.3, -0.25) is 4.79 Å². The highest BCUT2D eigenvalue weighted by Gasteiger charge is 2.18. The minimum absolute atomic E-state index is 0.00538. The van der Waals surface area contributed by atoms with Crippen molar-refractivity contribution in [1.29, 1.82) is 0 Å². The molecule has 3 aromatic rings. The molecule has 5 heteroatoms. The third-order valence-corrected chi connectivity index (χ3v) is 3.93. The number of carbonyl (C=O) groups is 1. The van der Waals surface area contributed by atoms with Crippen LogP contribution in [-0.4, -0.2) is 22.5 Å². The summed E-state index contributed by atoms with van der Waals surface area (Å²) in [4.78, 5) is 21.0. The van der Waals surface area contributed by atoms with Crippen molar-refractivity contribution < 1.29 is 9.53 Å². The van der Waals surface area contributed by atoms with Gasteiger partial charge < -0.3 is 4.74 Å². The second-order valence-corrected chi connectivity index (χ2v) is 5.73. The molecule has 0 bridgehead atoms. The summed E-state index contributed by atoms with van der Waals surface area (Å²) in [6.45, 7) is 2.08. The first-order chi connectivity index (χ1) is 12.2. The Kier molecular flexibility index (Phi) is 5.41. The molecule has 0 saturated heterocycles. The zero-order chi connectivity index (χ0) is 17.6. The van der Waals surface area contributed by atoms with E-state index in [0.29, 0.717) is 23.7 Å². The van der Waals surface area contributed by atoms with Crippen molar-refractivity contribution in [3.8, 4) is 22.5 Å². The Labute approximate surface area is 151 Å². The summed E-state index contributed by atoms with van der Waals surface area (Å²) in [6, 6.07) is 19.5. The van der Waals surface area contributed by atoms with Crippen LogP contribution in [0.15, 0.2) is 60.7 Å². The van der Waals surface area contributed by atoms with Crippen LogP contribution in [-0.2, 0) is 16.0 Å². The molecule has 0 N–H and O–H groups in total. The molecule has 0 amide bonds. The van der Waals surface area contributed by atoms with Gasteiger partial charge in [-0.25, -0.2) is 9.97 Å². The van der Waals surface area contributed by atoms with Gasteiger partial charge in [0, 0.05) is 11.1 Å². The Bertz CT molecular complexity index is 868.